The van der Waals surface area contributed by atoms with E-state index in [1.165, 1.54) is 0 Å². The minimum absolute atomic E-state index is 0.226. The van der Waals surface area contributed by atoms with Crippen molar-refractivity contribution >= 4 is 26.0 Å². The molecule has 96 valence electrons. The third-order valence-corrected chi connectivity index (χ3v) is 4.70. The molecule has 18 heavy (non-hydrogen) atoms. The predicted molar refractivity (Wildman–Crippen MR) is 69.4 cm³/mol. The molecule has 1 heterocycles. The Balaban J connectivity index is 2.02. The largest absolute Gasteiger partial charge is 0.251 e. The summed E-state index contributed by atoms with van der Waals surface area (Å²) in [5.74, 6) is 0. The van der Waals surface area contributed by atoms with Crippen molar-refractivity contribution in [2.75, 3.05) is 6.54 Å². The fourth-order valence-corrected chi connectivity index (χ4v) is 3.41. The van der Waals surface area contributed by atoms with Crippen molar-refractivity contribution in [3.8, 4) is 0 Å². The quantitative estimate of drug-likeness (QED) is 0.887. The van der Waals surface area contributed by atoms with Gasteiger partial charge in [0.15, 0.2) is 0 Å². The topological polar surface area (TPSA) is 76.9 Å². The van der Waals surface area contributed by atoms with E-state index in [4.69, 9.17) is 0 Å². The van der Waals surface area contributed by atoms with E-state index in [-0.39, 0.29) is 11.4 Å². The average molecular weight is 331 g/mol. The maximum Gasteiger partial charge on any atom is 0.241 e. The minimum Gasteiger partial charge on any atom is -0.251 e. The average Bonchev–Trinajstić information content (AvgIpc) is 2.82. The summed E-state index contributed by atoms with van der Waals surface area (Å²) < 4.78 is 28.6. The molecule has 0 saturated carbocycles. The van der Waals surface area contributed by atoms with Gasteiger partial charge in [0.2, 0.25) is 10.0 Å². The van der Waals surface area contributed by atoms with E-state index in [1.54, 1.807) is 41.3 Å². The first-order valence-electron chi connectivity index (χ1n) is 5.18. The first kappa shape index (κ1) is 13.2. The molecular weight excluding hydrogens is 320 g/mol. The Bertz CT molecular complexity index is 613. The van der Waals surface area contributed by atoms with Crippen molar-refractivity contribution in [3.63, 3.8) is 0 Å². The van der Waals surface area contributed by atoms with Crippen LogP contribution in [0.4, 0.5) is 0 Å². The maximum atomic E-state index is 12.0. The lowest BCUT2D eigenvalue weighted by molar-refractivity contribution is 0.552. The molecule has 1 aromatic heterocycles. The number of sulfonamides is 1. The fraction of sp³-hybridized carbons (Fsp3) is 0.200. The van der Waals surface area contributed by atoms with Gasteiger partial charge in [0.05, 0.1) is 17.6 Å². The maximum absolute atomic E-state index is 12.0. The summed E-state index contributed by atoms with van der Waals surface area (Å²) >= 11 is 3.22. The number of nitrogens with zero attached hydrogens (tertiary/aromatic N) is 3. The molecule has 0 saturated heterocycles. The molecule has 6 nitrogen and oxygen atoms in total. The molecule has 2 aromatic rings. The summed E-state index contributed by atoms with van der Waals surface area (Å²) in [5, 5.41) is 7.39. The van der Waals surface area contributed by atoms with Crippen molar-refractivity contribution in [1.29, 1.82) is 0 Å². The Morgan fingerprint density at radius 1 is 1.33 bits per heavy atom. The molecule has 8 heteroatoms. The lowest BCUT2D eigenvalue weighted by Gasteiger charge is -2.08. The van der Waals surface area contributed by atoms with Gasteiger partial charge >= 0.3 is 0 Å². The normalized spacial score (nSPS) is 11.6. The highest BCUT2D eigenvalue weighted by Gasteiger charge is 2.16. The van der Waals surface area contributed by atoms with Crippen LogP contribution in [0.1, 0.15) is 0 Å². The molecule has 0 radical (unpaired) electrons. The summed E-state index contributed by atoms with van der Waals surface area (Å²) in [5.41, 5.74) is 0. The van der Waals surface area contributed by atoms with E-state index >= 15 is 0 Å². The molecule has 0 atom stereocenters. The molecule has 1 aromatic carbocycles. The van der Waals surface area contributed by atoms with Crippen LogP contribution in [0.2, 0.25) is 0 Å². The van der Waals surface area contributed by atoms with E-state index in [1.807, 2.05) is 0 Å². The Morgan fingerprint density at radius 2 is 2.11 bits per heavy atom. The smallest absolute Gasteiger partial charge is 0.241 e. The molecule has 0 aliphatic heterocycles. The zero-order chi connectivity index (χ0) is 13.0. The Morgan fingerprint density at radius 3 is 2.78 bits per heavy atom. The summed E-state index contributed by atoms with van der Waals surface area (Å²) in [6.45, 7) is 0.691. The number of hydrogen-bond acceptors (Lipinski definition) is 4. The highest BCUT2D eigenvalue weighted by atomic mass is 79.9. The lowest BCUT2D eigenvalue weighted by atomic mass is 10.4. The van der Waals surface area contributed by atoms with Gasteiger partial charge in [0, 0.05) is 17.2 Å². The van der Waals surface area contributed by atoms with Gasteiger partial charge in [-0.25, -0.2) is 13.1 Å². The molecule has 0 aliphatic rings. The van der Waals surface area contributed by atoms with Gasteiger partial charge < -0.3 is 0 Å². The van der Waals surface area contributed by atoms with Gasteiger partial charge in [0.1, 0.15) is 0 Å². The van der Waals surface area contributed by atoms with Crippen molar-refractivity contribution < 1.29 is 8.42 Å². The summed E-state index contributed by atoms with van der Waals surface area (Å²) in [6.07, 6.45) is 3.22. The van der Waals surface area contributed by atoms with Crippen LogP contribution in [-0.4, -0.2) is 30.0 Å². The molecule has 0 amide bonds. The van der Waals surface area contributed by atoms with E-state index in [2.05, 4.69) is 31.0 Å². The van der Waals surface area contributed by atoms with Crippen LogP contribution in [0.3, 0.4) is 0 Å². The van der Waals surface area contributed by atoms with Crippen LogP contribution in [-0.2, 0) is 16.6 Å². The first-order chi connectivity index (χ1) is 8.59. The van der Waals surface area contributed by atoms with Gasteiger partial charge in [-0.05, 0) is 28.1 Å². The molecule has 0 bridgehead atoms. The Hall–Kier alpha value is -1.25. The first-order valence-corrected chi connectivity index (χ1v) is 7.45. The number of aromatic nitrogens is 3. The monoisotopic (exact) mass is 330 g/mol. The number of benzene rings is 1. The highest BCUT2D eigenvalue weighted by Crippen LogP contribution is 2.20. The van der Waals surface area contributed by atoms with Crippen LogP contribution in [0.15, 0.2) is 46.0 Å². The summed E-state index contributed by atoms with van der Waals surface area (Å²) in [7, 11) is -3.50. The molecule has 0 unspecified atom stereocenters. The molecule has 2 rings (SSSR count). The van der Waals surface area contributed by atoms with Crippen LogP contribution in [0.25, 0.3) is 0 Å². The lowest BCUT2D eigenvalue weighted by Crippen LogP contribution is -2.27. The van der Waals surface area contributed by atoms with Crippen LogP contribution in [0, 0.1) is 0 Å². The van der Waals surface area contributed by atoms with Crippen molar-refractivity contribution in [2.45, 2.75) is 11.4 Å². The van der Waals surface area contributed by atoms with Gasteiger partial charge in [-0.15, -0.1) is 5.10 Å². The summed E-state index contributed by atoms with van der Waals surface area (Å²) in [4.78, 5) is 0.226. The van der Waals surface area contributed by atoms with Gasteiger partial charge in [-0.1, -0.05) is 17.3 Å². The zero-order valence-corrected chi connectivity index (χ0v) is 11.7. The van der Waals surface area contributed by atoms with Crippen LogP contribution < -0.4 is 4.72 Å². The molecule has 0 spiro atoms. The second-order valence-electron chi connectivity index (χ2n) is 3.49. The number of rotatable bonds is 5. The van der Waals surface area contributed by atoms with E-state index in [9.17, 15) is 8.42 Å². The molecular formula is C10H11BrN4O2S. The van der Waals surface area contributed by atoms with Crippen molar-refractivity contribution in [1.82, 2.24) is 19.7 Å². The number of hydrogen-bond donors (Lipinski definition) is 1. The SMILES string of the molecule is O=S(=O)(NCCn1ccnn1)c1ccccc1Br. The fourth-order valence-electron chi connectivity index (χ4n) is 1.39. The standard InChI is InChI=1S/C10H11BrN4O2S/c11-9-3-1-2-4-10(9)18(16,17)13-6-8-15-7-5-12-14-15/h1-5,7,13H,6,8H2. The van der Waals surface area contributed by atoms with Crippen molar-refractivity contribution in [3.05, 3.63) is 41.1 Å². The predicted octanol–water partition coefficient (Wildman–Crippen LogP) is 1.02. The van der Waals surface area contributed by atoms with E-state index in [0.717, 1.165) is 0 Å². The molecule has 1 N–H and O–H groups in total. The van der Waals surface area contributed by atoms with Crippen LogP contribution in [0.5, 0.6) is 0 Å². The number of halogens is 1. The highest BCUT2D eigenvalue weighted by molar-refractivity contribution is 9.10. The molecule has 0 aliphatic carbocycles. The van der Waals surface area contributed by atoms with Gasteiger partial charge in [0.25, 0.3) is 0 Å². The van der Waals surface area contributed by atoms with E-state index < -0.39 is 10.0 Å². The minimum atomic E-state index is -3.50. The van der Waals surface area contributed by atoms with Gasteiger partial charge in [-0.3, -0.25) is 4.68 Å². The zero-order valence-electron chi connectivity index (χ0n) is 9.32. The van der Waals surface area contributed by atoms with E-state index in [0.29, 0.717) is 11.0 Å². The Labute approximate surface area is 113 Å². The van der Waals surface area contributed by atoms with Crippen molar-refractivity contribution in [2.24, 2.45) is 0 Å². The second-order valence-corrected chi connectivity index (χ2v) is 6.08. The summed E-state index contributed by atoms with van der Waals surface area (Å²) in [6, 6.07) is 6.67. The number of nitrogens with one attached hydrogen (secondary N) is 1. The molecule has 0 fully saturated rings. The third kappa shape index (κ3) is 3.15. The third-order valence-electron chi connectivity index (χ3n) is 2.23. The van der Waals surface area contributed by atoms with Gasteiger partial charge in [-0.2, -0.15) is 0 Å². The second kappa shape index (κ2) is 5.59. The van der Waals surface area contributed by atoms with Crippen LogP contribution >= 0.6 is 15.9 Å². The Kier molecular flexibility index (Phi) is 4.10.